The maximum Gasteiger partial charge on any atom is 0.260 e. The van der Waals surface area contributed by atoms with Gasteiger partial charge < -0.3 is 16.0 Å². The first kappa shape index (κ1) is 13.9. The van der Waals surface area contributed by atoms with E-state index in [1.165, 1.54) is 0 Å². The smallest absolute Gasteiger partial charge is 0.260 e. The molecule has 0 saturated carbocycles. The molecule has 5 heteroatoms. The van der Waals surface area contributed by atoms with Gasteiger partial charge in [0, 0.05) is 17.6 Å². The molecule has 0 saturated heterocycles. The fraction of sp³-hybridized carbons (Fsp3) is 0.188. The molecule has 1 atom stereocenters. The van der Waals surface area contributed by atoms with Crippen LogP contribution in [0.15, 0.2) is 42.5 Å². The van der Waals surface area contributed by atoms with Crippen LogP contribution in [0.3, 0.4) is 0 Å². The first-order valence-corrected chi connectivity index (χ1v) is 7.17. The minimum absolute atomic E-state index is 0.0728. The van der Waals surface area contributed by atoms with E-state index < -0.39 is 0 Å². The van der Waals surface area contributed by atoms with Crippen LogP contribution in [0.25, 0.3) is 0 Å². The van der Waals surface area contributed by atoms with Crippen LogP contribution in [0.4, 0.5) is 17.1 Å². The number of amides is 1. The van der Waals surface area contributed by atoms with Crippen molar-refractivity contribution in [1.82, 2.24) is 0 Å². The van der Waals surface area contributed by atoms with Gasteiger partial charge in [0.2, 0.25) is 0 Å². The predicted octanol–water partition coefficient (Wildman–Crippen LogP) is 3.39. The number of para-hydroxylation sites is 1. The minimum Gasteiger partial charge on any atom is -0.353 e. The molecule has 0 unspecified atom stereocenters. The van der Waals surface area contributed by atoms with Gasteiger partial charge in [0.05, 0.1) is 22.6 Å². The number of nitrogens with two attached hydrogens (primary N) is 1. The van der Waals surface area contributed by atoms with Gasteiger partial charge in [-0.15, -0.1) is 0 Å². The second kappa shape index (κ2) is 5.39. The standard InChI is InChI=1S/C16H16ClN3O/c1-10(18)9-20-15-8-11(17)6-7-14(15)19-13-5-3-2-4-12(13)16(20)21/h2-8,10,19H,9,18H2,1H3/t10-/m1/s1. The molecular weight excluding hydrogens is 286 g/mol. The van der Waals surface area contributed by atoms with Gasteiger partial charge in [0.1, 0.15) is 0 Å². The summed E-state index contributed by atoms with van der Waals surface area (Å²) in [5.41, 5.74) is 8.92. The lowest BCUT2D eigenvalue weighted by Crippen LogP contribution is -2.39. The van der Waals surface area contributed by atoms with Crippen LogP contribution in [0, 0.1) is 0 Å². The van der Waals surface area contributed by atoms with Crippen LogP contribution < -0.4 is 16.0 Å². The van der Waals surface area contributed by atoms with E-state index in [1.54, 1.807) is 17.0 Å². The number of carbonyl (C=O) groups excluding carboxylic acids is 1. The second-order valence-electron chi connectivity index (χ2n) is 5.23. The van der Waals surface area contributed by atoms with Crippen LogP contribution in [-0.2, 0) is 0 Å². The first-order chi connectivity index (χ1) is 10.1. The van der Waals surface area contributed by atoms with Crippen molar-refractivity contribution in [3.05, 3.63) is 53.1 Å². The fourth-order valence-corrected chi connectivity index (χ4v) is 2.65. The third kappa shape index (κ3) is 2.60. The van der Waals surface area contributed by atoms with E-state index in [9.17, 15) is 4.79 Å². The summed E-state index contributed by atoms with van der Waals surface area (Å²) in [7, 11) is 0. The Kier molecular flexibility index (Phi) is 3.57. The van der Waals surface area contributed by atoms with Crippen LogP contribution in [0.2, 0.25) is 5.02 Å². The summed E-state index contributed by atoms with van der Waals surface area (Å²) < 4.78 is 0. The Bertz CT molecular complexity index is 700. The van der Waals surface area contributed by atoms with Gasteiger partial charge in [-0.1, -0.05) is 23.7 Å². The molecule has 0 bridgehead atoms. The van der Waals surface area contributed by atoms with E-state index >= 15 is 0 Å². The van der Waals surface area contributed by atoms with Gasteiger partial charge in [-0.25, -0.2) is 0 Å². The molecule has 0 aliphatic carbocycles. The first-order valence-electron chi connectivity index (χ1n) is 6.79. The van der Waals surface area contributed by atoms with Crippen molar-refractivity contribution in [2.75, 3.05) is 16.8 Å². The molecule has 1 aliphatic heterocycles. The number of carbonyl (C=O) groups is 1. The normalized spacial score (nSPS) is 14.8. The lowest BCUT2D eigenvalue weighted by molar-refractivity contribution is 0.0987. The average molecular weight is 302 g/mol. The molecule has 1 heterocycles. The number of nitrogens with zero attached hydrogens (tertiary/aromatic N) is 1. The van der Waals surface area contributed by atoms with E-state index in [2.05, 4.69) is 5.32 Å². The number of hydrogen-bond donors (Lipinski definition) is 2. The molecular formula is C16H16ClN3O. The van der Waals surface area contributed by atoms with Gasteiger partial charge in [-0.3, -0.25) is 4.79 Å². The van der Waals surface area contributed by atoms with Gasteiger partial charge in [-0.05, 0) is 37.3 Å². The summed E-state index contributed by atoms with van der Waals surface area (Å²) in [6.07, 6.45) is 0. The van der Waals surface area contributed by atoms with E-state index in [-0.39, 0.29) is 11.9 Å². The summed E-state index contributed by atoms with van der Waals surface area (Å²) >= 11 is 6.09. The molecule has 2 aromatic rings. The Labute approximate surface area is 128 Å². The quantitative estimate of drug-likeness (QED) is 0.894. The van der Waals surface area contributed by atoms with E-state index in [1.807, 2.05) is 37.3 Å². The van der Waals surface area contributed by atoms with Crippen LogP contribution in [0.5, 0.6) is 0 Å². The number of fused-ring (bicyclic) bond motifs is 2. The molecule has 3 rings (SSSR count). The highest BCUT2D eigenvalue weighted by Crippen LogP contribution is 2.37. The Hall–Kier alpha value is -2.04. The zero-order chi connectivity index (χ0) is 15.0. The monoisotopic (exact) mass is 301 g/mol. The molecule has 1 amide bonds. The SMILES string of the molecule is C[C@@H](N)CN1C(=O)c2ccccc2Nc2ccc(Cl)cc21. The van der Waals surface area contributed by atoms with Crippen molar-refractivity contribution in [2.45, 2.75) is 13.0 Å². The van der Waals surface area contributed by atoms with Crippen LogP contribution >= 0.6 is 11.6 Å². The van der Waals surface area contributed by atoms with Gasteiger partial charge in [-0.2, -0.15) is 0 Å². The molecule has 0 radical (unpaired) electrons. The molecule has 0 fully saturated rings. The lowest BCUT2D eigenvalue weighted by Gasteiger charge is -2.24. The van der Waals surface area contributed by atoms with Crippen molar-refractivity contribution < 1.29 is 4.79 Å². The third-order valence-electron chi connectivity index (χ3n) is 3.39. The molecule has 0 aromatic heterocycles. The molecule has 3 N–H and O–H groups in total. The van der Waals surface area contributed by atoms with E-state index in [0.29, 0.717) is 17.1 Å². The Morgan fingerprint density at radius 2 is 2.00 bits per heavy atom. The Balaban J connectivity index is 2.18. The molecule has 1 aliphatic rings. The largest absolute Gasteiger partial charge is 0.353 e. The van der Waals surface area contributed by atoms with Crippen molar-refractivity contribution in [3.63, 3.8) is 0 Å². The van der Waals surface area contributed by atoms with Crippen molar-refractivity contribution in [2.24, 2.45) is 5.73 Å². The second-order valence-corrected chi connectivity index (χ2v) is 5.66. The van der Waals surface area contributed by atoms with Gasteiger partial charge in [0.15, 0.2) is 0 Å². The molecule has 2 aromatic carbocycles. The van der Waals surface area contributed by atoms with Crippen LogP contribution in [0.1, 0.15) is 17.3 Å². The molecule has 108 valence electrons. The summed E-state index contributed by atoms with van der Waals surface area (Å²) in [5.74, 6) is -0.0728. The summed E-state index contributed by atoms with van der Waals surface area (Å²) in [5, 5.41) is 3.89. The van der Waals surface area contributed by atoms with Crippen molar-refractivity contribution >= 4 is 34.6 Å². The highest BCUT2D eigenvalue weighted by molar-refractivity contribution is 6.31. The number of rotatable bonds is 2. The number of nitrogens with one attached hydrogen (secondary N) is 1. The third-order valence-corrected chi connectivity index (χ3v) is 3.63. The zero-order valence-electron chi connectivity index (χ0n) is 11.6. The minimum atomic E-state index is -0.133. The van der Waals surface area contributed by atoms with Gasteiger partial charge >= 0.3 is 0 Å². The molecule has 4 nitrogen and oxygen atoms in total. The van der Waals surface area contributed by atoms with E-state index in [0.717, 1.165) is 17.1 Å². The molecule has 21 heavy (non-hydrogen) atoms. The van der Waals surface area contributed by atoms with E-state index in [4.69, 9.17) is 17.3 Å². The number of hydrogen-bond acceptors (Lipinski definition) is 3. The predicted molar refractivity (Wildman–Crippen MR) is 86.5 cm³/mol. The summed E-state index contributed by atoms with van der Waals surface area (Å²) in [6.45, 7) is 2.31. The highest BCUT2D eigenvalue weighted by Gasteiger charge is 2.27. The van der Waals surface area contributed by atoms with Gasteiger partial charge in [0.25, 0.3) is 5.91 Å². The number of halogens is 1. The Morgan fingerprint density at radius 3 is 2.76 bits per heavy atom. The molecule has 0 spiro atoms. The zero-order valence-corrected chi connectivity index (χ0v) is 12.4. The fourth-order valence-electron chi connectivity index (χ4n) is 2.48. The van der Waals surface area contributed by atoms with Crippen molar-refractivity contribution in [3.8, 4) is 0 Å². The average Bonchev–Trinajstić information content (AvgIpc) is 2.56. The number of anilines is 3. The lowest BCUT2D eigenvalue weighted by atomic mass is 10.1. The van der Waals surface area contributed by atoms with Crippen LogP contribution in [-0.4, -0.2) is 18.5 Å². The summed E-state index contributed by atoms with van der Waals surface area (Å²) in [6, 6.07) is 12.8. The Morgan fingerprint density at radius 1 is 1.24 bits per heavy atom. The topological polar surface area (TPSA) is 58.4 Å². The van der Waals surface area contributed by atoms with Crippen molar-refractivity contribution in [1.29, 1.82) is 0 Å². The number of benzene rings is 2. The summed E-state index contributed by atoms with van der Waals surface area (Å²) in [4.78, 5) is 14.5. The highest BCUT2D eigenvalue weighted by atomic mass is 35.5. The maximum atomic E-state index is 12.8. The maximum absolute atomic E-state index is 12.8.